The third kappa shape index (κ3) is 2.76. The van der Waals surface area contributed by atoms with E-state index in [2.05, 4.69) is 0 Å². The van der Waals surface area contributed by atoms with Crippen LogP contribution in [-0.4, -0.2) is 31.1 Å². The molecule has 1 saturated heterocycles. The molecule has 0 saturated carbocycles. The minimum atomic E-state index is -3.73. The lowest BCUT2D eigenvalue weighted by Gasteiger charge is -2.33. The zero-order valence-electron chi connectivity index (χ0n) is 10.3. The number of halogens is 1. The quantitative estimate of drug-likeness (QED) is 0.648. The molecule has 5 nitrogen and oxygen atoms in total. The molecule has 1 atom stereocenters. The highest BCUT2D eigenvalue weighted by atomic mass is 32.2. The standard InChI is InChI=1S/C12H16FN3O2S/c13-9-4-6-10(7-5-9)19(17,18)16-8-2-1-3-11(16)12(14)15/h4-7,11H,1-3,8H2,(H3,14,15). The first-order chi connectivity index (χ1) is 8.93. The van der Waals surface area contributed by atoms with Crippen LogP contribution >= 0.6 is 0 Å². The molecule has 1 fully saturated rings. The van der Waals surface area contributed by atoms with Crippen LogP contribution in [0.15, 0.2) is 29.2 Å². The van der Waals surface area contributed by atoms with Gasteiger partial charge in [0.2, 0.25) is 10.0 Å². The first kappa shape index (κ1) is 14.0. The highest BCUT2D eigenvalue weighted by Crippen LogP contribution is 2.25. The second kappa shape index (κ2) is 5.26. The van der Waals surface area contributed by atoms with Crippen molar-refractivity contribution in [2.45, 2.75) is 30.2 Å². The number of nitrogens with zero attached hydrogens (tertiary/aromatic N) is 1. The summed E-state index contributed by atoms with van der Waals surface area (Å²) in [5.74, 6) is -0.633. The maximum Gasteiger partial charge on any atom is 0.243 e. The van der Waals surface area contributed by atoms with Crippen LogP contribution in [0.25, 0.3) is 0 Å². The molecule has 1 aromatic rings. The van der Waals surface area contributed by atoms with Gasteiger partial charge in [0.05, 0.1) is 10.9 Å². The maximum absolute atomic E-state index is 12.9. The fraction of sp³-hybridized carbons (Fsp3) is 0.417. The number of nitrogens with one attached hydrogen (secondary N) is 1. The van der Waals surface area contributed by atoms with Crippen LogP contribution < -0.4 is 5.73 Å². The maximum atomic E-state index is 12.9. The Morgan fingerprint density at radius 1 is 1.32 bits per heavy atom. The van der Waals surface area contributed by atoms with Gasteiger partial charge >= 0.3 is 0 Å². The van der Waals surface area contributed by atoms with Crippen LogP contribution in [0, 0.1) is 11.2 Å². The number of rotatable bonds is 3. The number of hydrogen-bond donors (Lipinski definition) is 2. The van der Waals surface area contributed by atoms with E-state index in [4.69, 9.17) is 11.1 Å². The molecule has 2 rings (SSSR count). The molecule has 1 heterocycles. The molecule has 0 radical (unpaired) electrons. The molecular weight excluding hydrogens is 269 g/mol. The molecule has 1 aliphatic rings. The predicted molar refractivity (Wildman–Crippen MR) is 69.8 cm³/mol. The summed E-state index contributed by atoms with van der Waals surface area (Å²) in [7, 11) is -3.73. The van der Waals surface area contributed by atoms with Crippen molar-refractivity contribution in [2.75, 3.05) is 6.54 Å². The largest absolute Gasteiger partial charge is 0.386 e. The van der Waals surface area contributed by atoms with Crippen molar-refractivity contribution in [2.24, 2.45) is 5.73 Å². The highest BCUT2D eigenvalue weighted by molar-refractivity contribution is 7.89. The molecule has 104 valence electrons. The second-order valence-electron chi connectivity index (χ2n) is 4.54. The first-order valence-electron chi connectivity index (χ1n) is 6.04. The molecule has 7 heteroatoms. The average Bonchev–Trinajstić information content (AvgIpc) is 2.39. The van der Waals surface area contributed by atoms with E-state index >= 15 is 0 Å². The van der Waals surface area contributed by atoms with Crippen molar-refractivity contribution in [1.82, 2.24) is 4.31 Å². The van der Waals surface area contributed by atoms with Crippen molar-refractivity contribution in [3.8, 4) is 0 Å². The van der Waals surface area contributed by atoms with E-state index in [-0.39, 0.29) is 10.7 Å². The van der Waals surface area contributed by atoms with E-state index in [0.717, 1.165) is 25.0 Å². The molecule has 0 aliphatic carbocycles. The zero-order valence-corrected chi connectivity index (χ0v) is 11.2. The predicted octanol–water partition coefficient (Wildman–Crippen LogP) is 1.30. The second-order valence-corrected chi connectivity index (χ2v) is 6.43. The van der Waals surface area contributed by atoms with Gasteiger partial charge in [-0.1, -0.05) is 6.42 Å². The van der Waals surface area contributed by atoms with Crippen LogP contribution in [0.4, 0.5) is 4.39 Å². The average molecular weight is 285 g/mol. The van der Waals surface area contributed by atoms with E-state index in [1.54, 1.807) is 0 Å². The lowest BCUT2D eigenvalue weighted by molar-refractivity contribution is 0.303. The minimum absolute atomic E-state index is 0.0297. The van der Waals surface area contributed by atoms with Crippen LogP contribution in [0.1, 0.15) is 19.3 Å². The van der Waals surface area contributed by atoms with Gasteiger partial charge in [-0.05, 0) is 37.1 Å². The summed E-state index contributed by atoms with van der Waals surface area (Å²) >= 11 is 0. The van der Waals surface area contributed by atoms with Gasteiger partial charge in [0.1, 0.15) is 11.7 Å². The highest BCUT2D eigenvalue weighted by Gasteiger charge is 2.35. The van der Waals surface area contributed by atoms with Gasteiger partial charge in [0.25, 0.3) is 0 Å². The fourth-order valence-corrected chi connectivity index (χ4v) is 3.92. The lowest BCUT2D eigenvalue weighted by atomic mass is 10.0. The zero-order chi connectivity index (χ0) is 14.0. The summed E-state index contributed by atoms with van der Waals surface area (Å²) in [5.41, 5.74) is 5.47. The monoisotopic (exact) mass is 285 g/mol. The SMILES string of the molecule is N=C(N)C1CCCCN1S(=O)(=O)c1ccc(F)cc1. The van der Waals surface area contributed by atoms with Crippen molar-refractivity contribution < 1.29 is 12.8 Å². The molecule has 0 aromatic heterocycles. The number of piperidine rings is 1. The Morgan fingerprint density at radius 2 is 1.95 bits per heavy atom. The van der Waals surface area contributed by atoms with Crippen molar-refractivity contribution in [3.63, 3.8) is 0 Å². The van der Waals surface area contributed by atoms with E-state index < -0.39 is 21.9 Å². The normalized spacial score (nSPS) is 21.2. The first-order valence-corrected chi connectivity index (χ1v) is 7.48. The Bertz CT molecular complexity index is 571. The Labute approximate surface area is 111 Å². The summed E-state index contributed by atoms with van der Waals surface area (Å²) in [4.78, 5) is 0.0297. The van der Waals surface area contributed by atoms with Crippen molar-refractivity contribution in [1.29, 1.82) is 5.41 Å². The molecule has 1 aliphatic heterocycles. The lowest BCUT2D eigenvalue weighted by Crippen LogP contribution is -2.50. The van der Waals surface area contributed by atoms with Crippen LogP contribution in [-0.2, 0) is 10.0 Å². The van der Waals surface area contributed by atoms with Crippen molar-refractivity contribution >= 4 is 15.9 Å². The summed E-state index contributed by atoms with van der Waals surface area (Å²) in [5, 5.41) is 7.51. The van der Waals surface area contributed by atoms with Gasteiger partial charge in [0, 0.05) is 6.54 Å². The summed E-state index contributed by atoms with van der Waals surface area (Å²) in [6, 6.07) is 4.09. The third-order valence-electron chi connectivity index (χ3n) is 3.23. The molecule has 3 N–H and O–H groups in total. The molecule has 1 aromatic carbocycles. The molecule has 1 unspecified atom stereocenters. The van der Waals surface area contributed by atoms with Gasteiger partial charge in [-0.3, -0.25) is 5.41 Å². The molecule has 0 amide bonds. The summed E-state index contributed by atoms with van der Waals surface area (Å²) < 4.78 is 39.0. The number of amidine groups is 1. The molecule has 0 bridgehead atoms. The van der Waals surface area contributed by atoms with Gasteiger partial charge < -0.3 is 5.73 Å². The van der Waals surface area contributed by atoms with Crippen molar-refractivity contribution in [3.05, 3.63) is 30.1 Å². The molecule has 0 spiro atoms. The Balaban J connectivity index is 2.37. The van der Waals surface area contributed by atoms with Crippen LogP contribution in [0.2, 0.25) is 0 Å². The van der Waals surface area contributed by atoms with E-state index in [1.807, 2.05) is 0 Å². The van der Waals surface area contributed by atoms with E-state index in [1.165, 1.54) is 16.4 Å². The van der Waals surface area contributed by atoms with E-state index in [0.29, 0.717) is 13.0 Å². The number of benzene rings is 1. The summed E-state index contributed by atoms with van der Waals surface area (Å²) in [6.45, 7) is 0.337. The summed E-state index contributed by atoms with van der Waals surface area (Å²) in [6.07, 6.45) is 2.14. The fourth-order valence-electron chi connectivity index (χ4n) is 2.25. The van der Waals surface area contributed by atoms with Crippen LogP contribution in [0.5, 0.6) is 0 Å². The Kier molecular flexibility index (Phi) is 3.86. The molecular formula is C12H16FN3O2S. The topological polar surface area (TPSA) is 87.2 Å². The van der Waals surface area contributed by atoms with Gasteiger partial charge in [0.15, 0.2) is 0 Å². The third-order valence-corrected chi connectivity index (χ3v) is 5.16. The minimum Gasteiger partial charge on any atom is -0.386 e. The van der Waals surface area contributed by atoms with Gasteiger partial charge in [-0.25, -0.2) is 12.8 Å². The Morgan fingerprint density at radius 3 is 2.53 bits per heavy atom. The van der Waals surface area contributed by atoms with Crippen LogP contribution in [0.3, 0.4) is 0 Å². The number of hydrogen-bond acceptors (Lipinski definition) is 3. The number of sulfonamides is 1. The Hall–Kier alpha value is -1.47. The number of nitrogens with two attached hydrogens (primary N) is 1. The van der Waals surface area contributed by atoms with Gasteiger partial charge in [-0.15, -0.1) is 0 Å². The van der Waals surface area contributed by atoms with E-state index in [9.17, 15) is 12.8 Å². The van der Waals surface area contributed by atoms with Gasteiger partial charge in [-0.2, -0.15) is 4.31 Å². The smallest absolute Gasteiger partial charge is 0.243 e. The molecule has 19 heavy (non-hydrogen) atoms.